The van der Waals surface area contributed by atoms with E-state index in [1.165, 1.54) is 4.31 Å². The summed E-state index contributed by atoms with van der Waals surface area (Å²) < 4.78 is 38.6. The second kappa shape index (κ2) is 9.89. The van der Waals surface area contributed by atoms with Gasteiger partial charge in [0.25, 0.3) is 5.91 Å². The van der Waals surface area contributed by atoms with E-state index < -0.39 is 10.0 Å². The maximum atomic E-state index is 13.1. The largest absolute Gasteiger partial charge is 0.484 e. The summed E-state index contributed by atoms with van der Waals surface area (Å²) in [4.78, 5) is 15.0. The lowest BCUT2D eigenvalue weighted by Gasteiger charge is -2.27. The van der Waals surface area contributed by atoms with Crippen LogP contribution in [0.3, 0.4) is 0 Å². The number of ether oxygens (including phenoxy) is 2. The second-order valence-corrected chi connectivity index (χ2v) is 9.98. The van der Waals surface area contributed by atoms with Gasteiger partial charge in [-0.3, -0.25) is 4.79 Å². The Hall–Kier alpha value is -2.62. The number of aryl methyl sites for hydroxylation is 1. The predicted molar refractivity (Wildman–Crippen MR) is 123 cm³/mol. The minimum Gasteiger partial charge on any atom is -0.484 e. The molecule has 2 heterocycles. The summed E-state index contributed by atoms with van der Waals surface area (Å²) in [5.41, 5.74) is 2.35. The average molecular weight is 460 g/mol. The van der Waals surface area contributed by atoms with Gasteiger partial charge in [0, 0.05) is 26.2 Å². The fourth-order valence-electron chi connectivity index (χ4n) is 3.99. The first-order valence-electron chi connectivity index (χ1n) is 10.9. The van der Waals surface area contributed by atoms with Gasteiger partial charge in [0.1, 0.15) is 5.75 Å². The number of benzene rings is 2. The minimum absolute atomic E-state index is 0.163. The fourth-order valence-corrected chi connectivity index (χ4v) is 5.42. The van der Waals surface area contributed by atoms with Crippen molar-refractivity contribution in [3.63, 3.8) is 0 Å². The van der Waals surface area contributed by atoms with E-state index in [0.29, 0.717) is 37.7 Å². The molecule has 0 atom stereocenters. The van der Waals surface area contributed by atoms with Crippen LogP contribution in [0.1, 0.15) is 18.4 Å². The van der Waals surface area contributed by atoms with Crippen LogP contribution in [0.25, 0.3) is 0 Å². The topological polar surface area (TPSA) is 88.2 Å². The van der Waals surface area contributed by atoms with Crippen LogP contribution in [0.2, 0.25) is 0 Å². The molecule has 2 aromatic carbocycles. The van der Waals surface area contributed by atoms with Crippen molar-refractivity contribution in [2.24, 2.45) is 0 Å². The molecular formula is C23H29N3O5S. The molecule has 172 valence electrons. The Labute approximate surface area is 189 Å². The van der Waals surface area contributed by atoms with Crippen molar-refractivity contribution >= 4 is 27.3 Å². The lowest BCUT2D eigenvalue weighted by Crippen LogP contribution is -2.40. The quantitative estimate of drug-likeness (QED) is 0.685. The van der Waals surface area contributed by atoms with E-state index in [4.69, 9.17) is 9.47 Å². The van der Waals surface area contributed by atoms with E-state index in [1.54, 1.807) is 24.3 Å². The molecule has 32 heavy (non-hydrogen) atoms. The number of anilines is 2. The first-order chi connectivity index (χ1) is 15.4. The highest BCUT2D eigenvalue weighted by atomic mass is 32.2. The third-order valence-corrected chi connectivity index (χ3v) is 7.55. The van der Waals surface area contributed by atoms with Crippen molar-refractivity contribution in [2.45, 2.75) is 24.7 Å². The third kappa shape index (κ3) is 5.23. The highest BCUT2D eigenvalue weighted by Crippen LogP contribution is 2.32. The van der Waals surface area contributed by atoms with Crippen molar-refractivity contribution in [1.29, 1.82) is 0 Å². The molecule has 1 N–H and O–H groups in total. The summed E-state index contributed by atoms with van der Waals surface area (Å²) in [5, 5.41) is 2.87. The molecule has 2 fully saturated rings. The van der Waals surface area contributed by atoms with Gasteiger partial charge in [-0.25, -0.2) is 8.42 Å². The molecule has 2 aliphatic rings. The maximum absolute atomic E-state index is 13.1. The van der Waals surface area contributed by atoms with Crippen molar-refractivity contribution in [3.8, 4) is 5.75 Å². The van der Waals surface area contributed by atoms with Gasteiger partial charge in [0.05, 0.1) is 29.5 Å². The second-order valence-electron chi connectivity index (χ2n) is 8.04. The van der Waals surface area contributed by atoms with E-state index in [9.17, 15) is 13.2 Å². The highest BCUT2D eigenvalue weighted by molar-refractivity contribution is 7.89. The van der Waals surface area contributed by atoms with Crippen LogP contribution in [-0.2, 0) is 19.6 Å². The number of carbonyl (C=O) groups excluding carboxylic acids is 1. The molecule has 2 aromatic rings. The standard InChI is InChI=1S/C23H29N3O5S/c1-18-5-4-6-19(15-18)31-17-23(27)24-21-16-20(7-8-22(21)25-9-2-3-10-25)32(28,29)26-11-13-30-14-12-26/h4-8,15-16H,2-3,9-14,17H2,1H3,(H,24,27). The van der Waals surface area contributed by atoms with Gasteiger partial charge in [0.2, 0.25) is 10.0 Å². The molecule has 8 nitrogen and oxygen atoms in total. The summed E-state index contributed by atoms with van der Waals surface area (Å²) in [6.07, 6.45) is 2.13. The van der Waals surface area contributed by atoms with Crippen molar-refractivity contribution in [1.82, 2.24) is 4.31 Å². The van der Waals surface area contributed by atoms with Gasteiger partial charge in [0.15, 0.2) is 6.61 Å². The van der Waals surface area contributed by atoms with Gasteiger partial charge in [-0.1, -0.05) is 12.1 Å². The van der Waals surface area contributed by atoms with E-state index in [0.717, 1.165) is 37.2 Å². The fraction of sp³-hybridized carbons (Fsp3) is 0.435. The van der Waals surface area contributed by atoms with Crippen LogP contribution in [-0.4, -0.2) is 64.6 Å². The zero-order valence-electron chi connectivity index (χ0n) is 18.2. The first-order valence-corrected chi connectivity index (χ1v) is 12.3. The summed E-state index contributed by atoms with van der Waals surface area (Å²) >= 11 is 0. The number of carbonyl (C=O) groups is 1. The number of sulfonamides is 1. The molecule has 0 bridgehead atoms. The van der Waals surface area contributed by atoms with Gasteiger partial charge in [-0.2, -0.15) is 4.31 Å². The van der Waals surface area contributed by atoms with Gasteiger partial charge in [-0.05, 0) is 55.7 Å². The lowest BCUT2D eigenvalue weighted by atomic mass is 10.2. The molecule has 2 saturated heterocycles. The van der Waals surface area contributed by atoms with Crippen LogP contribution < -0.4 is 15.0 Å². The number of hydrogen-bond donors (Lipinski definition) is 1. The number of morpholine rings is 1. The zero-order valence-corrected chi connectivity index (χ0v) is 19.1. The smallest absolute Gasteiger partial charge is 0.262 e. The van der Waals surface area contributed by atoms with Crippen LogP contribution in [0.5, 0.6) is 5.75 Å². The third-order valence-electron chi connectivity index (χ3n) is 5.66. The van der Waals surface area contributed by atoms with E-state index in [-0.39, 0.29) is 17.4 Å². The Morgan fingerprint density at radius 2 is 1.81 bits per heavy atom. The minimum atomic E-state index is -3.67. The number of hydrogen-bond acceptors (Lipinski definition) is 6. The molecule has 9 heteroatoms. The molecule has 0 radical (unpaired) electrons. The van der Waals surface area contributed by atoms with Gasteiger partial charge < -0.3 is 19.7 Å². The van der Waals surface area contributed by atoms with Crippen LogP contribution in [0.4, 0.5) is 11.4 Å². The molecule has 0 unspecified atom stereocenters. The molecule has 1 amide bonds. The first kappa shape index (κ1) is 22.6. The maximum Gasteiger partial charge on any atom is 0.262 e. The molecule has 2 aliphatic heterocycles. The SMILES string of the molecule is Cc1cccc(OCC(=O)Nc2cc(S(=O)(=O)N3CCOCC3)ccc2N2CCCC2)c1. The van der Waals surface area contributed by atoms with E-state index >= 15 is 0 Å². The van der Waals surface area contributed by atoms with Crippen LogP contribution >= 0.6 is 0 Å². The Balaban J connectivity index is 1.55. The number of amides is 1. The van der Waals surface area contributed by atoms with Gasteiger partial charge >= 0.3 is 0 Å². The van der Waals surface area contributed by atoms with E-state index in [2.05, 4.69) is 10.2 Å². The number of nitrogens with one attached hydrogen (secondary N) is 1. The highest BCUT2D eigenvalue weighted by Gasteiger charge is 2.28. The molecule has 0 aliphatic carbocycles. The van der Waals surface area contributed by atoms with Crippen molar-refractivity contribution in [2.75, 3.05) is 56.2 Å². The summed E-state index contributed by atoms with van der Waals surface area (Å²) in [6.45, 7) is 4.94. The molecule has 0 aromatic heterocycles. The zero-order chi connectivity index (χ0) is 22.6. The average Bonchev–Trinajstić information content (AvgIpc) is 3.33. The molecule has 0 saturated carbocycles. The Kier molecular flexibility index (Phi) is 6.98. The van der Waals surface area contributed by atoms with Crippen molar-refractivity contribution in [3.05, 3.63) is 48.0 Å². The molecule has 4 rings (SSSR count). The lowest BCUT2D eigenvalue weighted by molar-refractivity contribution is -0.118. The van der Waals surface area contributed by atoms with E-state index in [1.807, 2.05) is 25.1 Å². The molecule has 0 spiro atoms. The van der Waals surface area contributed by atoms with Crippen LogP contribution in [0.15, 0.2) is 47.4 Å². The predicted octanol–water partition coefficient (Wildman–Crippen LogP) is 2.63. The normalized spacial score (nSPS) is 17.3. The Bertz CT molecular complexity index is 1060. The van der Waals surface area contributed by atoms with Gasteiger partial charge in [-0.15, -0.1) is 0 Å². The Morgan fingerprint density at radius 3 is 2.53 bits per heavy atom. The number of rotatable bonds is 7. The molecular weight excluding hydrogens is 430 g/mol. The number of nitrogens with zero attached hydrogens (tertiary/aromatic N) is 2. The summed E-state index contributed by atoms with van der Waals surface area (Å²) in [5.74, 6) is 0.274. The van der Waals surface area contributed by atoms with Crippen molar-refractivity contribution < 1.29 is 22.7 Å². The summed E-state index contributed by atoms with van der Waals surface area (Å²) in [6, 6.07) is 12.4. The monoisotopic (exact) mass is 459 g/mol. The van der Waals surface area contributed by atoms with Crippen LogP contribution in [0, 0.1) is 6.92 Å². The summed E-state index contributed by atoms with van der Waals surface area (Å²) in [7, 11) is -3.67. The Morgan fingerprint density at radius 1 is 1.06 bits per heavy atom.